The molecule has 150 valence electrons. The maximum atomic E-state index is 12.6. The van der Waals surface area contributed by atoms with Gasteiger partial charge in [0.25, 0.3) is 0 Å². The van der Waals surface area contributed by atoms with Gasteiger partial charge in [0.2, 0.25) is 18.6 Å². The van der Waals surface area contributed by atoms with Crippen LogP contribution in [-0.4, -0.2) is 62.8 Å². The summed E-state index contributed by atoms with van der Waals surface area (Å²) < 4.78 is 10.1. The molecule has 3 heterocycles. The van der Waals surface area contributed by atoms with Gasteiger partial charge in [0.15, 0.2) is 11.5 Å². The van der Waals surface area contributed by atoms with Crippen molar-refractivity contribution in [3.05, 3.63) is 23.8 Å². The first-order valence-electron chi connectivity index (χ1n) is 8.87. The van der Waals surface area contributed by atoms with Crippen molar-refractivity contribution in [1.82, 2.24) is 10.2 Å². The lowest BCUT2D eigenvalue weighted by atomic mass is 9.95. The second-order valence-electron chi connectivity index (χ2n) is 7.55. The molecular weight excluding hydrogens is 386 g/mol. The number of nitrogens with two attached hydrogens (primary N) is 1. The number of para-hydroxylation sites is 1. The summed E-state index contributed by atoms with van der Waals surface area (Å²) in [5.41, 5.74) is 6.80. The Morgan fingerprint density at radius 3 is 2.89 bits per heavy atom. The smallest absolute Gasteiger partial charge is 0.327 e. The van der Waals surface area contributed by atoms with Gasteiger partial charge < -0.3 is 30.5 Å². The first-order valence-corrected chi connectivity index (χ1v) is 9.75. The highest BCUT2D eigenvalue weighted by molar-refractivity contribution is 8.01. The molecule has 1 aromatic rings. The molecule has 2 saturated heterocycles. The summed E-state index contributed by atoms with van der Waals surface area (Å²) in [7, 11) is 0. The van der Waals surface area contributed by atoms with Gasteiger partial charge in [-0.15, -0.1) is 11.8 Å². The van der Waals surface area contributed by atoms with E-state index < -0.39 is 46.0 Å². The number of ether oxygens (including phenoxy) is 2. The summed E-state index contributed by atoms with van der Waals surface area (Å²) in [6.45, 7) is 3.69. The minimum Gasteiger partial charge on any atom is -0.480 e. The van der Waals surface area contributed by atoms with Gasteiger partial charge in [0, 0.05) is 16.7 Å². The molecule has 0 radical (unpaired) electrons. The summed E-state index contributed by atoms with van der Waals surface area (Å²) in [4.78, 5) is 37.9. The van der Waals surface area contributed by atoms with E-state index in [0.29, 0.717) is 11.5 Å². The Morgan fingerprint density at radius 1 is 1.43 bits per heavy atom. The molecule has 10 heteroatoms. The van der Waals surface area contributed by atoms with Crippen LogP contribution in [-0.2, 0) is 20.8 Å². The Labute approximate surface area is 165 Å². The van der Waals surface area contributed by atoms with Crippen molar-refractivity contribution in [2.45, 2.75) is 48.5 Å². The van der Waals surface area contributed by atoms with Crippen LogP contribution < -0.4 is 20.5 Å². The van der Waals surface area contributed by atoms with Crippen LogP contribution >= 0.6 is 11.8 Å². The molecule has 0 aliphatic carbocycles. The van der Waals surface area contributed by atoms with E-state index in [1.54, 1.807) is 26.0 Å². The van der Waals surface area contributed by atoms with E-state index >= 15 is 0 Å². The number of hydrogen-bond acceptors (Lipinski definition) is 7. The van der Waals surface area contributed by atoms with Crippen molar-refractivity contribution in [2.24, 2.45) is 5.73 Å². The van der Waals surface area contributed by atoms with E-state index in [-0.39, 0.29) is 13.2 Å². The van der Waals surface area contributed by atoms with Crippen LogP contribution in [0.3, 0.4) is 0 Å². The molecule has 3 aliphatic heterocycles. The highest BCUT2D eigenvalue weighted by Gasteiger charge is 2.64. The standard InChI is InChI=1S/C18H21N3O6S/c1-18(2)13(17(24)25)21-15(23)11(16(21)28-18)20-14(22)9(19)6-8-4-3-5-10-12(8)27-7-26-10/h3-5,9,11,13,16H,6-7,19H2,1-2H3,(H,20,22)(H,24,25)/t9?,11-,13+,16-/m1/s1. The molecule has 0 aromatic heterocycles. The molecular formula is C18H21N3O6S. The first-order chi connectivity index (χ1) is 13.2. The number of β-lactam (4-membered cyclic amide) rings is 1. The monoisotopic (exact) mass is 407 g/mol. The Bertz CT molecular complexity index is 860. The van der Waals surface area contributed by atoms with E-state index in [9.17, 15) is 19.5 Å². The summed E-state index contributed by atoms with van der Waals surface area (Å²) in [5.74, 6) is -0.719. The number of carboxylic acid groups (broad SMARTS) is 1. The van der Waals surface area contributed by atoms with Gasteiger partial charge in [0.05, 0.1) is 6.04 Å². The summed E-state index contributed by atoms with van der Waals surface area (Å²) in [6, 6.07) is 2.81. The van der Waals surface area contributed by atoms with Gasteiger partial charge >= 0.3 is 5.97 Å². The van der Waals surface area contributed by atoms with Crippen LogP contribution in [0.5, 0.6) is 11.5 Å². The normalized spacial score (nSPS) is 27.8. The summed E-state index contributed by atoms with van der Waals surface area (Å²) in [5, 5.41) is 11.7. The van der Waals surface area contributed by atoms with Gasteiger partial charge in [-0.25, -0.2) is 4.79 Å². The van der Waals surface area contributed by atoms with E-state index in [0.717, 1.165) is 5.56 Å². The zero-order chi connectivity index (χ0) is 20.2. The number of thioether (sulfide) groups is 1. The molecule has 4 rings (SSSR count). The molecule has 4 N–H and O–H groups in total. The first kappa shape index (κ1) is 18.9. The fourth-order valence-corrected chi connectivity index (χ4v) is 5.51. The third kappa shape index (κ3) is 2.87. The SMILES string of the molecule is CC1(C)S[C@@H]2[C@H](NC(=O)C(N)Cc3cccc4c3OCO4)C(=O)N2[C@H]1C(=O)O. The number of nitrogens with one attached hydrogen (secondary N) is 1. The highest BCUT2D eigenvalue weighted by Crippen LogP contribution is 2.50. The molecule has 2 fully saturated rings. The van der Waals surface area contributed by atoms with Crippen molar-refractivity contribution in [2.75, 3.05) is 6.79 Å². The van der Waals surface area contributed by atoms with E-state index in [1.807, 2.05) is 6.07 Å². The fourth-order valence-electron chi connectivity index (χ4n) is 3.89. The lowest BCUT2D eigenvalue weighted by molar-refractivity contribution is -0.161. The van der Waals surface area contributed by atoms with Gasteiger partial charge in [-0.1, -0.05) is 12.1 Å². The minimum absolute atomic E-state index is 0.125. The number of nitrogens with zero attached hydrogens (tertiary/aromatic N) is 1. The van der Waals surface area contributed by atoms with Crippen LogP contribution in [0.1, 0.15) is 19.4 Å². The second-order valence-corrected chi connectivity index (χ2v) is 9.32. The Hall–Kier alpha value is -2.46. The Morgan fingerprint density at radius 2 is 2.18 bits per heavy atom. The van der Waals surface area contributed by atoms with E-state index in [2.05, 4.69) is 5.32 Å². The summed E-state index contributed by atoms with van der Waals surface area (Å²) in [6.07, 6.45) is 0.226. The highest BCUT2D eigenvalue weighted by atomic mass is 32.2. The largest absolute Gasteiger partial charge is 0.480 e. The van der Waals surface area contributed by atoms with Crippen molar-refractivity contribution in [1.29, 1.82) is 0 Å². The molecule has 0 bridgehead atoms. The molecule has 2 amide bonds. The van der Waals surface area contributed by atoms with Crippen LogP contribution in [0.2, 0.25) is 0 Å². The maximum Gasteiger partial charge on any atom is 0.327 e. The van der Waals surface area contributed by atoms with Crippen LogP contribution in [0.25, 0.3) is 0 Å². The van der Waals surface area contributed by atoms with Crippen molar-refractivity contribution >= 4 is 29.5 Å². The van der Waals surface area contributed by atoms with E-state index in [4.69, 9.17) is 15.2 Å². The average molecular weight is 407 g/mol. The number of hydrogen-bond donors (Lipinski definition) is 3. The Kier molecular flexibility index (Phi) is 4.42. The molecule has 9 nitrogen and oxygen atoms in total. The number of aliphatic carboxylic acids is 1. The molecule has 0 saturated carbocycles. The maximum absolute atomic E-state index is 12.6. The molecule has 0 spiro atoms. The van der Waals surface area contributed by atoms with Gasteiger partial charge in [0.1, 0.15) is 17.5 Å². The van der Waals surface area contributed by atoms with Gasteiger partial charge in [-0.2, -0.15) is 0 Å². The second kappa shape index (κ2) is 6.56. The lowest BCUT2D eigenvalue weighted by Crippen LogP contribution is -2.71. The number of carbonyl (C=O) groups excluding carboxylic acids is 2. The molecule has 1 unspecified atom stereocenters. The van der Waals surface area contributed by atoms with Crippen molar-refractivity contribution in [3.8, 4) is 11.5 Å². The number of carboxylic acids is 1. The average Bonchev–Trinajstić information content (AvgIpc) is 3.20. The Balaban J connectivity index is 1.42. The zero-order valence-electron chi connectivity index (χ0n) is 15.4. The number of benzene rings is 1. The molecule has 28 heavy (non-hydrogen) atoms. The third-order valence-electron chi connectivity index (χ3n) is 5.23. The van der Waals surface area contributed by atoms with Crippen LogP contribution in [0.15, 0.2) is 18.2 Å². The predicted octanol–water partition coefficient (Wildman–Crippen LogP) is -0.0832. The number of fused-ring (bicyclic) bond motifs is 2. The quantitative estimate of drug-likeness (QED) is 0.578. The lowest BCUT2D eigenvalue weighted by Gasteiger charge is -2.43. The minimum atomic E-state index is -1.05. The third-order valence-corrected chi connectivity index (χ3v) is 6.80. The van der Waals surface area contributed by atoms with Gasteiger partial charge in [-0.05, 0) is 19.9 Å². The summed E-state index contributed by atoms with van der Waals surface area (Å²) >= 11 is 1.37. The predicted molar refractivity (Wildman–Crippen MR) is 99.9 cm³/mol. The van der Waals surface area contributed by atoms with E-state index in [1.165, 1.54) is 16.7 Å². The van der Waals surface area contributed by atoms with Crippen molar-refractivity contribution in [3.63, 3.8) is 0 Å². The van der Waals surface area contributed by atoms with Crippen molar-refractivity contribution < 1.29 is 29.0 Å². The number of carbonyl (C=O) groups is 3. The van der Waals surface area contributed by atoms with Gasteiger partial charge in [-0.3, -0.25) is 9.59 Å². The van der Waals surface area contributed by atoms with Crippen LogP contribution in [0, 0.1) is 0 Å². The van der Waals surface area contributed by atoms with Crippen LogP contribution in [0.4, 0.5) is 0 Å². The number of amides is 2. The molecule has 4 atom stereocenters. The molecule has 3 aliphatic rings. The topological polar surface area (TPSA) is 131 Å². The number of rotatable bonds is 5. The zero-order valence-corrected chi connectivity index (χ0v) is 16.2. The molecule has 1 aromatic carbocycles. The fraction of sp³-hybridized carbons (Fsp3) is 0.500.